The standard InChI is InChI=1S/C16H20ClN3O4/c1-3-18-14(21)8-19-16(23)10-6-15(22)20(9-10)12-7-11(17)4-5-13(12)24-2/h4-5,7,10H,3,6,8-9H2,1-2H3,(H,18,21)(H,19,23)/t10-/m1/s1. The van der Waals surface area contributed by atoms with Gasteiger partial charge in [-0.25, -0.2) is 0 Å². The van der Waals surface area contributed by atoms with E-state index in [0.29, 0.717) is 23.0 Å². The van der Waals surface area contributed by atoms with Crippen molar-refractivity contribution in [3.8, 4) is 5.75 Å². The summed E-state index contributed by atoms with van der Waals surface area (Å²) in [6.07, 6.45) is 0.0803. The number of nitrogens with one attached hydrogen (secondary N) is 2. The summed E-state index contributed by atoms with van der Waals surface area (Å²) in [6, 6.07) is 4.97. The predicted molar refractivity (Wildman–Crippen MR) is 90.2 cm³/mol. The summed E-state index contributed by atoms with van der Waals surface area (Å²) in [7, 11) is 1.50. The Hall–Kier alpha value is -2.28. The molecule has 0 spiro atoms. The summed E-state index contributed by atoms with van der Waals surface area (Å²) >= 11 is 6.00. The van der Waals surface area contributed by atoms with E-state index in [1.54, 1.807) is 25.1 Å². The maximum atomic E-state index is 12.3. The van der Waals surface area contributed by atoms with Crippen LogP contribution in [0, 0.1) is 5.92 Å². The van der Waals surface area contributed by atoms with Gasteiger partial charge >= 0.3 is 0 Å². The van der Waals surface area contributed by atoms with Gasteiger partial charge in [0.25, 0.3) is 0 Å². The Balaban J connectivity index is 2.04. The first-order valence-electron chi connectivity index (χ1n) is 7.64. The van der Waals surface area contributed by atoms with E-state index in [1.165, 1.54) is 12.0 Å². The molecule has 0 aromatic heterocycles. The smallest absolute Gasteiger partial charge is 0.239 e. The highest BCUT2D eigenvalue weighted by molar-refractivity contribution is 6.31. The molecular weight excluding hydrogens is 334 g/mol. The van der Waals surface area contributed by atoms with E-state index in [4.69, 9.17) is 16.3 Å². The SMILES string of the molecule is CCNC(=O)CNC(=O)[C@@H]1CC(=O)N(c2cc(Cl)ccc2OC)C1. The molecule has 1 atom stereocenters. The zero-order valence-corrected chi connectivity index (χ0v) is 14.4. The number of methoxy groups -OCH3 is 1. The fraction of sp³-hybridized carbons (Fsp3) is 0.438. The van der Waals surface area contributed by atoms with Crippen molar-refractivity contribution in [1.29, 1.82) is 0 Å². The summed E-state index contributed by atoms with van der Waals surface area (Å²) in [5, 5.41) is 5.62. The molecule has 130 valence electrons. The van der Waals surface area contributed by atoms with Crippen molar-refractivity contribution < 1.29 is 19.1 Å². The van der Waals surface area contributed by atoms with Crippen LogP contribution in [0.1, 0.15) is 13.3 Å². The van der Waals surface area contributed by atoms with Gasteiger partial charge in [-0.1, -0.05) is 11.6 Å². The van der Waals surface area contributed by atoms with Gasteiger partial charge in [0.05, 0.1) is 25.3 Å². The minimum Gasteiger partial charge on any atom is -0.495 e. The lowest BCUT2D eigenvalue weighted by molar-refractivity contribution is -0.128. The fourth-order valence-electron chi connectivity index (χ4n) is 2.56. The number of benzene rings is 1. The van der Waals surface area contributed by atoms with E-state index < -0.39 is 5.92 Å². The zero-order valence-electron chi connectivity index (χ0n) is 13.6. The number of carbonyl (C=O) groups is 3. The molecule has 2 rings (SSSR count). The third-order valence-electron chi connectivity index (χ3n) is 3.72. The molecular formula is C16H20ClN3O4. The molecule has 8 heteroatoms. The number of ether oxygens (including phenoxy) is 1. The van der Waals surface area contributed by atoms with Crippen molar-refractivity contribution in [1.82, 2.24) is 10.6 Å². The predicted octanol–water partition coefficient (Wildman–Crippen LogP) is 0.954. The summed E-state index contributed by atoms with van der Waals surface area (Å²) in [5.41, 5.74) is 0.536. The first kappa shape index (κ1) is 18.1. The fourth-order valence-corrected chi connectivity index (χ4v) is 2.73. The molecule has 3 amide bonds. The minimum atomic E-state index is -0.518. The van der Waals surface area contributed by atoms with E-state index >= 15 is 0 Å². The minimum absolute atomic E-state index is 0.0803. The molecule has 2 N–H and O–H groups in total. The molecule has 0 unspecified atom stereocenters. The van der Waals surface area contributed by atoms with Crippen LogP contribution in [0.4, 0.5) is 5.69 Å². The topological polar surface area (TPSA) is 87.7 Å². The van der Waals surface area contributed by atoms with Crippen molar-refractivity contribution in [2.75, 3.05) is 31.6 Å². The Kier molecular flexibility index (Phi) is 6.03. The van der Waals surface area contributed by atoms with Gasteiger partial charge in [0.15, 0.2) is 0 Å². The third-order valence-corrected chi connectivity index (χ3v) is 3.96. The number of carbonyl (C=O) groups excluding carboxylic acids is 3. The second kappa shape index (κ2) is 8.01. The number of nitrogens with zero attached hydrogens (tertiary/aromatic N) is 1. The van der Waals surface area contributed by atoms with Gasteiger partial charge in [0.2, 0.25) is 17.7 Å². The summed E-state index contributed by atoms with van der Waals surface area (Å²) in [4.78, 5) is 37.3. The monoisotopic (exact) mass is 353 g/mol. The number of likely N-dealkylation sites (N-methyl/N-ethyl adjacent to an activating group) is 1. The molecule has 7 nitrogen and oxygen atoms in total. The lowest BCUT2D eigenvalue weighted by atomic mass is 10.1. The molecule has 1 aliphatic heterocycles. The number of amides is 3. The van der Waals surface area contributed by atoms with Gasteiger partial charge in [-0.3, -0.25) is 14.4 Å². The van der Waals surface area contributed by atoms with Crippen LogP contribution in [-0.4, -0.2) is 44.5 Å². The Morgan fingerprint density at radius 2 is 2.12 bits per heavy atom. The van der Waals surface area contributed by atoms with Gasteiger partial charge in [0.1, 0.15) is 5.75 Å². The van der Waals surface area contributed by atoms with Crippen LogP contribution in [0.3, 0.4) is 0 Å². The lowest BCUT2D eigenvalue weighted by Gasteiger charge is -2.19. The van der Waals surface area contributed by atoms with Crippen molar-refractivity contribution in [2.45, 2.75) is 13.3 Å². The normalized spacial score (nSPS) is 16.9. The number of hydrogen-bond acceptors (Lipinski definition) is 4. The Labute approximate surface area is 145 Å². The van der Waals surface area contributed by atoms with Crippen LogP contribution in [0.5, 0.6) is 5.75 Å². The van der Waals surface area contributed by atoms with Gasteiger partial charge in [-0.15, -0.1) is 0 Å². The molecule has 1 aliphatic rings. The Morgan fingerprint density at radius 3 is 2.79 bits per heavy atom. The van der Waals surface area contributed by atoms with Crippen molar-refractivity contribution in [3.05, 3.63) is 23.2 Å². The molecule has 24 heavy (non-hydrogen) atoms. The van der Waals surface area contributed by atoms with Crippen molar-refractivity contribution in [3.63, 3.8) is 0 Å². The van der Waals surface area contributed by atoms with Gasteiger partial charge in [-0.2, -0.15) is 0 Å². The highest BCUT2D eigenvalue weighted by Gasteiger charge is 2.36. The number of rotatable bonds is 6. The van der Waals surface area contributed by atoms with E-state index in [2.05, 4.69) is 10.6 Å². The van der Waals surface area contributed by atoms with Crippen LogP contribution in [-0.2, 0) is 14.4 Å². The lowest BCUT2D eigenvalue weighted by Crippen LogP contribution is -2.40. The van der Waals surface area contributed by atoms with Crippen molar-refractivity contribution >= 4 is 35.0 Å². The van der Waals surface area contributed by atoms with E-state index in [0.717, 1.165) is 0 Å². The first-order chi connectivity index (χ1) is 11.5. The first-order valence-corrected chi connectivity index (χ1v) is 8.02. The summed E-state index contributed by atoms with van der Waals surface area (Å²) in [5.74, 6) is -0.776. The molecule has 1 aromatic carbocycles. The van der Waals surface area contributed by atoms with Crippen LogP contribution in [0.2, 0.25) is 5.02 Å². The Bertz CT molecular complexity index is 650. The van der Waals surface area contributed by atoms with E-state index in [9.17, 15) is 14.4 Å². The quantitative estimate of drug-likeness (QED) is 0.797. The van der Waals surface area contributed by atoms with Gasteiger partial charge < -0.3 is 20.3 Å². The maximum Gasteiger partial charge on any atom is 0.239 e. The van der Waals surface area contributed by atoms with Gasteiger partial charge in [0, 0.05) is 24.5 Å². The highest BCUT2D eigenvalue weighted by atomic mass is 35.5. The third kappa shape index (κ3) is 4.17. The van der Waals surface area contributed by atoms with Crippen molar-refractivity contribution in [2.24, 2.45) is 5.92 Å². The van der Waals surface area contributed by atoms with Crippen LogP contribution >= 0.6 is 11.6 Å². The summed E-state index contributed by atoms with van der Waals surface area (Å²) < 4.78 is 5.26. The van der Waals surface area contributed by atoms with E-state index in [1.807, 2.05) is 0 Å². The van der Waals surface area contributed by atoms with Crippen LogP contribution in [0.25, 0.3) is 0 Å². The van der Waals surface area contributed by atoms with Crippen LogP contribution < -0.4 is 20.3 Å². The molecule has 0 radical (unpaired) electrons. The van der Waals surface area contributed by atoms with E-state index in [-0.39, 0.29) is 37.2 Å². The average Bonchev–Trinajstić information content (AvgIpc) is 2.94. The number of hydrogen-bond donors (Lipinski definition) is 2. The average molecular weight is 354 g/mol. The Morgan fingerprint density at radius 1 is 1.38 bits per heavy atom. The largest absolute Gasteiger partial charge is 0.495 e. The molecule has 1 fully saturated rings. The van der Waals surface area contributed by atoms with Crippen LogP contribution in [0.15, 0.2) is 18.2 Å². The molecule has 1 aromatic rings. The second-order valence-electron chi connectivity index (χ2n) is 5.39. The number of halogens is 1. The molecule has 1 saturated heterocycles. The maximum absolute atomic E-state index is 12.3. The summed E-state index contributed by atoms with van der Waals surface area (Å²) in [6.45, 7) is 2.42. The molecule has 0 saturated carbocycles. The van der Waals surface area contributed by atoms with Gasteiger partial charge in [-0.05, 0) is 25.1 Å². The molecule has 0 aliphatic carbocycles. The molecule has 1 heterocycles. The zero-order chi connectivity index (χ0) is 17.7. The number of anilines is 1. The highest BCUT2D eigenvalue weighted by Crippen LogP contribution is 2.35. The molecule has 0 bridgehead atoms. The second-order valence-corrected chi connectivity index (χ2v) is 5.83.